The van der Waals surface area contributed by atoms with Crippen LogP contribution in [0.2, 0.25) is 10.0 Å². The molecule has 0 aliphatic heterocycles. The molecule has 146 valence electrons. The number of alkyl halides is 1. The summed E-state index contributed by atoms with van der Waals surface area (Å²) in [7, 11) is 0. The molecule has 3 rings (SSSR count). The topological polar surface area (TPSA) is 12.5 Å². The Morgan fingerprint density at radius 2 is 1.29 bits per heavy atom. The maximum absolute atomic E-state index is 6.03. The van der Waals surface area contributed by atoms with Gasteiger partial charge >= 0.3 is 0 Å². The maximum atomic E-state index is 6.03. The van der Waals surface area contributed by atoms with Crippen LogP contribution in [-0.2, 0) is 13.1 Å². The number of benzene rings is 3. The van der Waals surface area contributed by atoms with Crippen molar-refractivity contribution in [2.45, 2.75) is 17.9 Å². The van der Waals surface area contributed by atoms with Gasteiger partial charge in [-0.05, 0) is 47.5 Å². The van der Waals surface area contributed by atoms with E-state index in [2.05, 4.69) is 57.2 Å². The molecule has 0 bridgehead atoms. The molecule has 0 saturated heterocycles. The zero-order valence-electron chi connectivity index (χ0n) is 15.4. The van der Waals surface area contributed by atoms with E-state index in [0.717, 1.165) is 30.4 Å². The summed E-state index contributed by atoms with van der Waals surface area (Å²) in [4.78, 5) is 2.60. The zero-order valence-corrected chi connectivity index (χ0v) is 18.5. The maximum Gasteiger partial charge on any atom is 0.119 e. The largest absolute Gasteiger partial charge is 0.492 e. The molecule has 0 aliphatic carbocycles. The molecule has 0 N–H and O–H groups in total. The first-order valence-corrected chi connectivity index (χ1v) is 10.8. The average Bonchev–Trinajstić information content (AvgIpc) is 2.70. The molecular formula is C23H22BrCl2NO. The lowest BCUT2D eigenvalue weighted by molar-refractivity contribution is 0.229. The standard InChI is InChI=1S/C23H22BrCl2NO/c24-20(17-28-23-12-10-22(26)11-13-23)16-27(14-18-4-2-1-3-5-18)15-19-6-8-21(25)9-7-19/h1-13,20H,14-17H2. The van der Waals surface area contributed by atoms with Crippen LogP contribution in [0.15, 0.2) is 78.9 Å². The molecule has 3 aromatic carbocycles. The molecule has 1 unspecified atom stereocenters. The molecule has 0 spiro atoms. The molecule has 0 amide bonds. The van der Waals surface area contributed by atoms with E-state index in [0.29, 0.717) is 11.6 Å². The van der Waals surface area contributed by atoms with Crippen LogP contribution >= 0.6 is 39.1 Å². The van der Waals surface area contributed by atoms with E-state index in [9.17, 15) is 0 Å². The minimum Gasteiger partial charge on any atom is -0.492 e. The summed E-state index contributed by atoms with van der Waals surface area (Å²) in [6, 6.07) is 26.0. The van der Waals surface area contributed by atoms with Crippen molar-refractivity contribution in [1.82, 2.24) is 4.90 Å². The van der Waals surface area contributed by atoms with Gasteiger partial charge in [0.15, 0.2) is 0 Å². The van der Waals surface area contributed by atoms with Gasteiger partial charge in [-0.1, -0.05) is 81.6 Å². The van der Waals surface area contributed by atoms with Crippen molar-refractivity contribution < 1.29 is 4.74 Å². The Kier molecular flexibility index (Phi) is 8.23. The molecule has 28 heavy (non-hydrogen) atoms. The number of halogens is 3. The van der Waals surface area contributed by atoms with E-state index >= 15 is 0 Å². The van der Waals surface area contributed by atoms with Gasteiger partial charge in [-0.25, -0.2) is 0 Å². The smallest absolute Gasteiger partial charge is 0.119 e. The van der Waals surface area contributed by atoms with E-state index in [-0.39, 0.29) is 4.83 Å². The Morgan fingerprint density at radius 1 is 0.750 bits per heavy atom. The highest BCUT2D eigenvalue weighted by Gasteiger charge is 2.14. The van der Waals surface area contributed by atoms with Crippen LogP contribution in [-0.4, -0.2) is 22.9 Å². The van der Waals surface area contributed by atoms with Crippen molar-refractivity contribution in [2.75, 3.05) is 13.2 Å². The second-order valence-corrected chi connectivity index (χ2v) is 8.81. The van der Waals surface area contributed by atoms with Crippen molar-refractivity contribution >= 4 is 39.1 Å². The predicted molar refractivity (Wildman–Crippen MR) is 122 cm³/mol. The van der Waals surface area contributed by atoms with Gasteiger partial charge in [0.05, 0.1) is 4.83 Å². The highest BCUT2D eigenvalue weighted by molar-refractivity contribution is 9.09. The Hall–Kier alpha value is -1.52. The second-order valence-electron chi connectivity index (χ2n) is 6.64. The zero-order chi connectivity index (χ0) is 19.8. The van der Waals surface area contributed by atoms with E-state index in [1.54, 1.807) is 0 Å². The highest BCUT2D eigenvalue weighted by Crippen LogP contribution is 2.18. The van der Waals surface area contributed by atoms with Crippen molar-refractivity contribution in [3.63, 3.8) is 0 Å². The third-order valence-electron chi connectivity index (χ3n) is 4.27. The van der Waals surface area contributed by atoms with Gasteiger partial charge in [0.2, 0.25) is 0 Å². The van der Waals surface area contributed by atoms with Gasteiger partial charge in [-0.15, -0.1) is 0 Å². The first kappa shape index (κ1) is 21.2. The lowest BCUT2D eigenvalue weighted by atomic mass is 10.1. The summed E-state index contributed by atoms with van der Waals surface area (Å²) in [5.41, 5.74) is 2.52. The third-order valence-corrected chi connectivity index (χ3v) is 5.33. The number of hydrogen-bond acceptors (Lipinski definition) is 2. The minimum absolute atomic E-state index is 0.194. The number of rotatable bonds is 9. The van der Waals surface area contributed by atoms with Crippen LogP contribution < -0.4 is 4.74 Å². The summed E-state index contributed by atoms with van der Waals surface area (Å²) in [5, 5.41) is 1.47. The van der Waals surface area contributed by atoms with Gasteiger partial charge in [0.25, 0.3) is 0 Å². The summed E-state index contributed by atoms with van der Waals surface area (Å²) >= 11 is 15.7. The number of ether oxygens (including phenoxy) is 1. The van der Waals surface area contributed by atoms with E-state index in [1.165, 1.54) is 11.1 Å². The first-order chi connectivity index (χ1) is 13.6. The molecule has 5 heteroatoms. The molecule has 3 aromatic rings. The third kappa shape index (κ3) is 7.14. The van der Waals surface area contributed by atoms with Gasteiger partial charge in [0.1, 0.15) is 12.4 Å². The molecule has 1 atom stereocenters. The molecule has 0 saturated carbocycles. The second kappa shape index (κ2) is 10.9. The lowest BCUT2D eigenvalue weighted by Gasteiger charge is -2.25. The van der Waals surface area contributed by atoms with Crippen LogP contribution in [0, 0.1) is 0 Å². The molecule has 0 fully saturated rings. The summed E-state index contributed by atoms with van der Waals surface area (Å²) in [6.07, 6.45) is 0. The monoisotopic (exact) mass is 477 g/mol. The Morgan fingerprint density at radius 3 is 1.89 bits per heavy atom. The highest BCUT2D eigenvalue weighted by atomic mass is 79.9. The Bertz CT molecular complexity index is 841. The summed E-state index contributed by atoms with van der Waals surface area (Å²) in [5.74, 6) is 0.821. The summed E-state index contributed by atoms with van der Waals surface area (Å²) < 4.78 is 5.89. The van der Waals surface area contributed by atoms with Crippen LogP contribution in [0.4, 0.5) is 0 Å². The Labute approximate surface area is 185 Å². The van der Waals surface area contributed by atoms with E-state index < -0.39 is 0 Å². The average molecular weight is 479 g/mol. The number of nitrogens with zero attached hydrogens (tertiary/aromatic N) is 1. The molecule has 0 heterocycles. The van der Waals surface area contributed by atoms with Crippen molar-refractivity contribution in [1.29, 1.82) is 0 Å². The van der Waals surface area contributed by atoms with Gasteiger partial charge in [0, 0.05) is 29.7 Å². The molecular weight excluding hydrogens is 457 g/mol. The lowest BCUT2D eigenvalue weighted by Crippen LogP contribution is -2.32. The van der Waals surface area contributed by atoms with Crippen LogP contribution in [0.1, 0.15) is 11.1 Å². The molecule has 2 nitrogen and oxygen atoms in total. The fraction of sp³-hybridized carbons (Fsp3) is 0.217. The predicted octanol–water partition coefficient (Wildman–Crippen LogP) is 6.84. The molecule has 0 aromatic heterocycles. The normalized spacial score (nSPS) is 12.1. The van der Waals surface area contributed by atoms with Gasteiger partial charge in [-0.3, -0.25) is 4.90 Å². The molecule has 0 radical (unpaired) electrons. The SMILES string of the molecule is Clc1ccc(CN(Cc2ccccc2)CC(Br)COc2ccc(Cl)cc2)cc1. The first-order valence-electron chi connectivity index (χ1n) is 9.11. The fourth-order valence-electron chi connectivity index (χ4n) is 2.92. The van der Waals surface area contributed by atoms with Crippen LogP contribution in [0.3, 0.4) is 0 Å². The minimum atomic E-state index is 0.194. The van der Waals surface area contributed by atoms with E-state index in [1.807, 2.05) is 42.5 Å². The molecule has 0 aliphatic rings. The van der Waals surface area contributed by atoms with Crippen molar-refractivity contribution in [3.8, 4) is 5.75 Å². The summed E-state index contributed by atoms with van der Waals surface area (Å²) in [6.45, 7) is 3.14. The van der Waals surface area contributed by atoms with Crippen molar-refractivity contribution in [3.05, 3.63) is 100 Å². The van der Waals surface area contributed by atoms with Crippen molar-refractivity contribution in [2.24, 2.45) is 0 Å². The van der Waals surface area contributed by atoms with E-state index in [4.69, 9.17) is 27.9 Å². The van der Waals surface area contributed by atoms with Crippen LogP contribution in [0.25, 0.3) is 0 Å². The van der Waals surface area contributed by atoms with Gasteiger partial charge in [-0.2, -0.15) is 0 Å². The van der Waals surface area contributed by atoms with Gasteiger partial charge < -0.3 is 4.74 Å². The Balaban J connectivity index is 1.61. The van der Waals surface area contributed by atoms with Crippen LogP contribution in [0.5, 0.6) is 5.75 Å². The number of hydrogen-bond donors (Lipinski definition) is 0. The fourth-order valence-corrected chi connectivity index (χ4v) is 3.72. The quantitative estimate of drug-likeness (QED) is 0.312.